The average molecular weight is 327 g/mol. The van der Waals surface area contributed by atoms with Crippen molar-refractivity contribution < 1.29 is 0 Å². The fourth-order valence-electron chi connectivity index (χ4n) is 2.45. The van der Waals surface area contributed by atoms with Crippen molar-refractivity contribution >= 4 is 46.4 Å². The average Bonchev–Trinajstić information content (AvgIpc) is 2.32. The van der Waals surface area contributed by atoms with Crippen molar-refractivity contribution in [3.63, 3.8) is 0 Å². The minimum atomic E-state index is -1.37. The van der Waals surface area contributed by atoms with Crippen molar-refractivity contribution in [2.45, 2.75) is 29.1 Å². The molecule has 2 rings (SSSR count). The molecule has 0 spiro atoms. The third kappa shape index (κ3) is 3.46. The molecule has 1 unspecified atom stereocenters. The third-order valence-electron chi connectivity index (χ3n) is 3.27. The van der Waals surface area contributed by atoms with E-state index in [0.29, 0.717) is 5.02 Å². The normalized spacial score (nSPS) is 19.8. The molecule has 0 aromatic heterocycles. The molecular weight excluding hydrogens is 312 g/mol. The summed E-state index contributed by atoms with van der Waals surface area (Å²) in [6, 6.07) is 7.30. The van der Waals surface area contributed by atoms with E-state index in [-0.39, 0.29) is 6.04 Å². The van der Waals surface area contributed by atoms with Gasteiger partial charge in [-0.2, -0.15) is 0 Å². The first-order valence-electron chi connectivity index (χ1n) is 6.05. The molecule has 0 saturated carbocycles. The highest BCUT2D eigenvalue weighted by Gasteiger charge is 2.39. The van der Waals surface area contributed by atoms with Crippen LogP contribution in [0.25, 0.3) is 0 Å². The summed E-state index contributed by atoms with van der Waals surface area (Å²) < 4.78 is -1.37. The number of hydrogen-bond acceptors (Lipinski definition) is 1. The number of hydrogen-bond donors (Lipinski definition) is 0. The Morgan fingerprint density at radius 2 is 1.61 bits per heavy atom. The smallest absolute Gasteiger partial charge is 0.210 e. The van der Waals surface area contributed by atoms with Gasteiger partial charge >= 0.3 is 0 Å². The van der Waals surface area contributed by atoms with Crippen LogP contribution in [0.3, 0.4) is 0 Å². The molecule has 1 aliphatic rings. The summed E-state index contributed by atoms with van der Waals surface area (Å²) in [4.78, 5) is 2.22. The van der Waals surface area contributed by atoms with Gasteiger partial charge in [-0.15, -0.1) is 0 Å². The molecule has 0 N–H and O–H groups in total. The SMILES string of the molecule is Clc1ccccc1C(N1CCCCC1)C(Cl)(Cl)Cl. The molecule has 18 heavy (non-hydrogen) atoms. The molecule has 1 fully saturated rings. The Hall–Kier alpha value is 0.340. The van der Waals surface area contributed by atoms with E-state index >= 15 is 0 Å². The minimum absolute atomic E-state index is 0.281. The van der Waals surface area contributed by atoms with Crippen molar-refractivity contribution in [3.05, 3.63) is 34.9 Å². The first-order valence-corrected chi connectivity index (χ1v) is 7.56. The lowest BCUT2D eigenvalue weighted by molar-refractivity contribution is 0.165. The number of benzene rings is 1. The van der Waals surface area contributed by atoms with E-state index in [1.54, 1.807) is 0 Å². The second-order valence-corrected chi connectivity index (χ2v) is 7.34. The van der Waals surface area contributed by atoms with Gasteiger partial charge in [-0.25, -0.2) is 0 Å². The van der Waals surface area contributed by atoms with Gasteiger partial charge in [0.05, 0.1) is 6.04 Å². The Morgan fingerprint density at radius 3 is 2.17 bits per heavy atom. The van der Waals surface area contributed by atoms with Crippen LogP contribution in [-0.4, -0.2) is 21.8 Å². The number of likely N-dealkylation sites (tertiary alicyclic amines) is 1. The minimum Gasteiger partial charge on any atom is -0.292 e. The lowest BCUT2D eigenvalue weighted by atomic mass is 10.0. The van der Waals surface area contributed by atoms with Crippen LogP contribution < -0.4 is 0 Å². The summed E-state index contributed by atoms with van der Waals surface area (Å²) in [6.45, 7) is 1.90. The van der Waals surface area contributed by atoms with Crippen LogP contribution in [0.4, 0.5) is 0 Å². The molecule has 1 aromatic carbocycles. The van der Waals surface area contributed by atoms with Gasteiger partial charge in [0.1, 0.15) is 0 Å². The lowest BCUT2D eigenvalue weighted by Crippen LogP contribution is -2.40. The summed E-state index contributed by atoms with van der Waals surface area (Å²) in [7, 11) is 0. The summed E-state index contributed by atoms with van der Waals surface area (Å²) in [5.74, 6) is 0. The molecule has 0 bridgehead atoms. The topological polar surface area (TPSA) is 3.24 Å². The van der Waals surface area contributed by atoms with Crippen molar-refractivity contribution in [1.82, 2.24) is 4.90 Å². The zero-order valence-corrected chi connectivity index (χ0v) is 12.9. The van der Waals surface area contributed by atoms with E-state index in [1.807, 2.05) is 24.3 Å². The maximum Gasteiger partial charge on any atom is 0.210 e. The Bertz CT molecular complexity index is 396. The first-order chi connectivity index (χ1) is 8.50. The van der Waals surface area contributed by atoms with Crippen molar-refractivity contribution in [1.29, 1.82) is 0 Å². The van der Waals surface area contributed by atoms with Crippen molar-refractivity contribution in [3.8, 4) is 0 Å². The zero-order valence-electron chi connectivity index (χ0n) is 9.88. The third-order valence-corrected chi connectivity index (χ3v) is 4.23. The van der Waals surface area contributed by atoms with Crippen LogP contribution in [0, 0.1) is 0 Å². The van der Waals surface area contributed by atoms with Gasteiger partial charge in [-0.3, -0.25) is 4.90 Å². The molecule has 5 heteroatoms. The molecule has 100 valence electrons. The Labute approximate surface area is 128 Å². The standard InChI is InChI=1S/C13H15Cl4N/c14-11-7-3-2-6-10(11)12(13(15,16)17)18-8-4-1-5-9-18/h2-3,6-7,12H,1,4-5,8-9H2. The van der Waals surface area contributed by atoms with Gasteiger partial charge in [0.15, 0.2) is 0 Å². The van der Waals surface area contributed by atoms with E-state index < -0.39 is 3.79 Å². The van der Waals surface area contributed by atoms with E-state index in [0.717, 1.165) is 31.5 Å². The second-order valence-electron chi connectivity index (χ2n) is 4.56. The highest BCUT2D eigenvalue weighted by molar-refractivity contribution is 6.68. The number of nitrogens with zero attached hydrogens (tertiary/aromatic N) is 1. The van der Waals surface area contributed by atoms with Crippen LogP contribution in [0.5, 0.6) is 0 Å². The van der Waals surface area contributed by atoms with Crippen LogP contribution in [0.1, 0.15) is 30.9 Å². The summed E-state index contributed by atoms with van der Waals surface area (Å²) >= 11 is 24.8. The predicted octanol–water partition coefficient (Wildman–Crippen LogP) is 5.24. The lowest BCUT2D eigenvalue weighted by Gasteiger charge is -2.38. The van der Waals surface area contributed by atoms with E-state index in [2.05, 4.69) is 4.90 Å². The predicted molar refractivity (Wildman–Crippen MR) is 79.9 cm³/mol. The Balaban J connectivity index is 2.34. The maximum absolute atomic E-state index is 6.24. The van der Waals surface area contributed by atoms with Crippen LogP contribution >= 0.6 is 46.4 Å². The van der Waals surface area contributed by atoms with Gasteiger partial charge in [0.2, 0.25) is 3.79 Å². The Kier molecular flexibility index (Phi) is 5.07. The van der Waals surface area contributed by atoms with Gasteiger partial charge in [0.25, 0.3) is 0 Å². The van der Waals surface area contributed by atoms with Crippen LogP contribution in [0.15, 0.2) is 24.3 Å². The van der Waals surface area contributed by atoms with Gasteiger partial charge in [-0.05, 0) is 37.6 Å². The highest BCUT2D eigenvalue weighted by atomic mass is 35.6. The second kappa shape index (κ2) is 6.19. The molecule has 0 aliphatic carbocycles. The highest BCUT2D eigenvalue weighted by Crippen LogP contribution is 2.46. The van der Waals surface area contributed by atoms with Crippen LogP contribution in [0.2, 0.25) is 5.02 Å². The molecule has 1 saturated heterocycles. The number of halogens is 4. The van der Waals surface area contributed by atoms with E-state index in [9.17, 15) is 0 Å². The Morgan fingerprint density at radius 1 is 1.00 bits per heavy atom. The van der Waals surface area contributed by atoms with Gasteiger partial charge < -0.3 is 0 Å². The van der Waals surface area contributed by atoms with Gasteiger partial charge in [0, 0.05) is 5.02 Å². The largest absolute Gasteiger partial charge is 0.292 e. The van der Waals surface area contributed by atoms with E-state index in [1.165, 1.54) is 6.42 Å². The summed E-state index contributed by atoms with van der Waals surface area (Å²) in [6.07, 6.45) is 3.52. The van der Waals surface area contributed by atoms with E-state index in [4.69, 9.17) is 46.4 Å². The molecule has 1 aromatic rings. The molecular formula is C13H15Cl4N. The monoisotopic (exact) mass is 325 g/mol. The summed E-state index contributed by atoms with van der Waals surface area (Å²) in [5.41, 5.74) is 0.890. The fourth-order valence-corrected chi connectivity index (χ4v) is 3.46. The van der Waals surface area contributed by atoms with Gasteiger partial charge in [-0.1, -0.05) is 71.0 Å². The fraction of sp³-hybridized carbons (Fsp3) is 0.538. The zero-order chi connectivity index (χ0) is 13.2. The number of piperidine rings is 1. The molecule has 1 atom stereocenters. The summed E-state index contributed by atoms with van der Waals surface area (Å²) in [5, 5.41) is 0.652. The number of rotatable bonds is 2. The first kappa shape index (κ1) is 14.7. The maximum atomic E-state index is 6.24. The van der Waals surface area contributed by atoms with Crippen molar-refractivity contribution in [2.24, 2.45) is 0 Å². The molecule has 0 amide bonds. The number of alkyl halides is 3. The van der Waals surface area contributed by atoms with Crippen molar-refractivity contribution in [2.75, 3.05) is 13.1 Å². The van der Waals surface area contributed by atoms with Crippen LogP contribution in [-0.2, 0) is 0 Å². The molecule has 1 heterocycles. The molecule has 1 aliphatic heterocycles. The molecule has 0 radical (unpaired) electrons. The quantitative estimate of drug-likeness (QED) is 0.672. The molecule has 1 nitrogen and oxygen atoms in total.